The van der Waals surface area contributed by atoms with Crippen molar-refractivity contribution in [2.24, 2.45) is 11.8 Å². The molecule has 0 radical (unpaired) electrons. The van der Waals surface area contributed by atoms with Crippen LogP contribution in [0, 0.1) is 11.8 Å². The van der Waals surface area contributed by atoms with Crippen LogP contribution in [-0.2, 0) is 24.0 Å². The van der Waals surface area contributed by atoms with Gasteiger partial charge in [0.15, 0.2) is 0 Å². The number of ketones is 1. The minimum Gasteiger partial charge on any atom is -0.345 e. The van der Waals surface area contributed by atoms with E-state index in [1.165, 1.54) is 0 Å². The first-order valence-electron chi connectivity index (χ1n) is 11.0. The van der Waals surface area contributed by atoms with Gasteiger partial charge in [-0.05, 0) is 31.6 Å². The Kier molecular flexibility index (Phi) is 7.39. The summed E-state index contributed by atoms with van der Waals surface area (Å²) in [7, 11) is 0. The fraction of sp³-hybridized carbons (Fsp3) is 0.762. The van der Waals surface area contributed by atoms with Crippen LogP contribution >= 0.6 is 0 Å². The van der Waals surface area contributed by atoms with Crippen LogP contribution in [0.3, 0.4) is 0 Å². The lowest BCUT2D eigenvalue weighted by Crippen LogP contribution is -2.60. The molecule has 1 heterocycles. The number of nitrogens with one attached hydrogen (secondary N) is 2. The van der Waals surface area contributed by atoms with Gasteiger partial charge in [0, 0.05) is 18.8 Å². The molecule has 1 aliphatic heterocycles. The number of hydrazine groups is 1. The number of carbonyl (C=O) groups is 5. The number of hydrogen-bond acceptors (Lipinski definition) is 5. The Hall–Kier alpha value is -2.25. The summed E-state index contributed by atoms with van der Waals surface area (Å²) in [5, 5.41) is 3.40. The van der Waals surface area contributed by atoms with Crippen molar-refractivity contribution in [2.75, 3.05) is 0 Å². The van der Waals surface area contributed by atoms with E-state index in [2.05, 4.69) is 10.7 Å². The number of rotatable bonds is 5. The van der Waals surface area contributed by atoms with E-state index in [0.29, 0.717) is 5.01 Å². The summed E-state index contributed by atoms with van der Waals surface area (Å²) >= 11 is 0. The fourth-order valence-corrected chi connectivity index (χ4v) is 4.66. The van der Waals surface area contributed by atoms with Crippen molar-refractivity contribution in [3.05, 3.63) is 0 Å². The molecule has 160 valence electrons. The van der Waals surface area contributed by atoms with Crippen molar-refractivity contribution < 1.29 is 24.0 Å². The van der Waals surface area contributed by atoms with Crippen LogP contribution in [0.1, 0.15) is 83.5 Å². The molecular formula is C21H31N3O5. The van der Waals surface area contributed by atoms with E-state index < -0.39 is 29.5 Å². The molecule has 0 spiro atoms. The molecule has 0 aromatic heterocycles. The van der Waals surface area contributed by atoms with Crippen LogP contribution in [0.5, 0.6) is 0 Å². The minimum absolute atomic E-state index is 0.00126. The number of nitrogens with zero attached hydrogens (tertiary/aromatic N) is 1. The summed E-state index contributed by atoms with van der Waals surface area (Å²) in [6.07, 6.45) is 10.2. The van der Waals surface area contributed by atoms with E-state index in [1.807, 2.05) is 0 Å². The van der Waals surface area contributed by atoms with Crippen LogP contribution in [0.15, 0.2) is 0 Å². The van der Waals surface area contributed by atoms with E-state index in [1.54, 1.807) is 0 Å². The number of imide groups is 1. The van der Waals surface area contributed by atoms with E-state index in [9.17, 15) is 24.0 Å². The Balaban J connectivity index is 1.74. The molecule has 1 atom stereocenters. The zero-order chi connectivity index (χ0) is 20.8. The third-order valence-electron chi connectivity index (χ3n) is 6.39. The molecule has 0 bridgehead atoms. The van der Waals surface area contributed by atoms with E-state index in [0.717, 1.165) is 70.6 Å². The summed E-state index contributed by atoms with van der Waals surface area (Å²) in [6.45, 7) is 0. The second-order valence-electron chi connectivity index (χ2n) is 8.51. The van der Waals surface area contributed by atoms with Crippen molar-refractivity contribution >= 4 is 29.4 Å². The van der Waals surface area contributed by atoms with Crippen molar-refractivity contribution in [1.82, 2.24) is 15.8 Å². The van der Waals surface area contributed by atoms with Crippen molar-refractivity contribution in [3.8, 4) is 0 Å². The van der Waals surface area contributed by atoms with Gasteiger partial charge < -0.3 is 5.32 Å². The highest BCUT2D eigenvalue weighted by atomic mass is 16.2. The number of carbonyl (C=O) groups excluding carboxylic acids is 5. The summed E-state index contributed by atoms with van der Waals surface area (Å²) < 4.78 is 0. The first kappa shape index (κ1) is 21.5. The minimum atomic E-state index is -1.06. The average Bonchev–Trinajstić information content (AvgIpc) is 3.03. The van der Waals surface area contributed by atoms with Gasteiger partial charge in [-0.3, -0.25) is 29.4 Å². The molecule has 2 saturated carbocycles. The maximum atomic E-state index is 13.1. The SMILES string of the molecule is O=C1CCC(=O)N(C(=O)C(=O)C(NC(=O)C2CCCCCC2)C2CCCCC2)N1. The second kappa shape index (κ2) is 9.98. The molecule has 3 aliphatic rings. The molecule has 2 N–H and O–H groups in total. The zero-order valence-corrected chi connectivity index (χ0v) is 16.9. The Bertz CT molecular complexity index is 663. The van der Waals surface area contributed by atoms with Crippen LogP contribution in [0.25, 0.3) is 0 Å². The molecule has 1 unspecified atom stereocenters. The van der Waals surface area contributed by atoms with Gasteiger partial charge in [0.25, 0.3) is 0 Å². The molecule has 1 saturated heterocycles. The Morgan fingerprint density at radius 2 is 1.45 bits per heavy atom. The first-order chi connectivity index (χ1) is 14.0. The maximum absolute atomic E-state index is 13.1. The van der Waals surface area contributed by atoms with Crippen LogP contribution < -0.4 is 10.7 Å². The van der Waals surface area contributed by atoms with Crippen LogP contribution in [-0.4, -0.2) is 40.5 Å². The third kappa shape index (κ3) is 5.42. The predicted octanol–water partition coefficient (Wildman–Crippen LogP) is 1.77. The predicted molar refractivity (Wildman–Crippen MR) is 104 cm³/mol. The molecule has 0 aromatic carbocycles. The smallest absolute Gasteiger partial charge is 0.317 e. The quantitative estimate of drug-likeness (QED) is 0.535. The average molecular weight is 405 g/mol. The normalized spacial score (nSPS) is 23.1. The molecule has 8 heteroatoms. The highest BCUT2D eigenvalue weighted by Crippen LogP contribution is 2.29. The topological polar surface area (TPSA) is 113 Å². The molecule has 8 nitrogen and oxygen atoms in total. The summed E-state index contributed by atoms with van der Waals surface area (Å²) in [4.78, 5) is 62.3. The third-order valence-corrected chi connectivity index (χ3v) is 6.39. The van der Waals surface area contributed by atoms with Gasteiger partial charge in [-0.25, -0.2) is 0 Å². The molecular weight excluding hydrogens is 374 g/mol. The monoisotopic (exact) mass is 405 g/mol. The Labute approximate surface area is 171 Å². The number of amides is 4. The van der Waals surface area contributed by atoms with Crippen molar-refractivity contribution in [1.29, 1.82) is 0 Å². The number of Topliss-reactive ketones (excluding diaryl/α,β-unsaturated/α-hetero) is 1. The van der Waals surface area contributed by atoms with Gasteiger partial charge in [-0.15, -0.1) is 0 Å². The van der Waals surface area contributed by atoms with Gasteiger partial charge in [0.05, 0.1) is 0 Å². The molecule has 4 amide bonds. The highest BCUT2D eigenvalue weighted by Gasteiger charge is 2.40. The Morgan fingerprint density at radius 1 is 0.862 bits per heavy atom. The second-order valence-corrected chi connectivity index (χ2v) is 8.51. The Morgan fingerprint density at radius 3 is 2.10 bits per heavy atom. The van der Waals surface area contributed by atoms with Gasteiger partial charge in [-0.2, -0.15) is 5.01 Å². The molecule has 2 aliphatic carbocycles. The largest absolute Gasteiger partial charge is 0.345 e. The lowest BCUT2D eigenvalue weighted by molar-refractivity contribution is -0.161. The molecule has 3 fully saturated rings. The molecule has 3 rings (SSSR count). The summed E-state index contributed by atoms with van der Waals surface area (Å²) in [5.74, 6) is -3.36. The van der Waals surface area contributed by atoms with Crippen LogP contribution in [0.2, 0.25) is 0 Å². The molecule has 0 aromatic rings. The van der Waals surface area contributed by atoms with E-state index >= 15 is 0 Å². The van der Waals surface area contributed by atoms with Gasteiger partial charge in [-0.1, -0.05) is 44.9 Å². The lowest BCUT2D eigenvalue weighted by Gasteiger charge is -2.32. The van der Waals surface area contributed by atoms with Gasteiger partial charge in [0.1, 0.15) is 6.04 Å². The summed E-state index contributed by atoms with van der Waals surface area (Å²) in [6, 6.07) is -0.940. The first-order valence-corrected chi connectivity index (χ1v) is 11.0. The lowest BCUT2D eigenvalue weighted by atomic mass is 9.81. The van der Waals surface area contributed by atoms with E-state index in [-0.39, 0.29) is 30.6 Å². The van der Waals surface area contributed by atoms with Gasteiger partial charge in [0.2, 0.25) is 23.5 Å². The molecule has 29 heavy (non-hydrogen) atoms. The zero-order valence-electron chi connectivity index (χ0n) is 16.9. The maximum Gasteiger partial charge on any atom is 0.317 e. The number of hydrogen-bond donors (Lipinski definition) is 2. The van der Waals surface area contributed by atoms with Crippen LogP contribution in [0.4, 0.5) is 0 Å². The highest BCUT2D eigenvalue weighted by molar-refractivity contribution is 6.41. The standard InChI is InChI=1S/C21H31N3O5/c25-16-12-13-17(26)24(23-16)21(29)19(27)18(14-8-6-3-7-9-14)22-20(28)15-10-4-1-2-5-11-15/h14-15,18H,1-13H2,(H,22,28)(H,23,25). The van der Waals surface area contributed by atoms with Crippen molar-refractivity contribution in [3.63, 3.8) is 0 Å². The van der Waals surface area contributed by atoms with Crippen molar-refractivity contribution in [2.45, 2.75) is 89.5 Å². The van der Waals surface area contributed by atoms with Gasteiger partial charge >= 0.3 is 5.91 Å². The van der Waals surface area contributed by atoms with E-state index in [4.69, 9.17) is 0 Å². The summed E-state index contributed by atoms with van der Waals surface area (Å²) in [5.41, 5.74) is 2.19. The fourth-order valence-electron chi connectivity index (χ4n) is 4.66.